The summed E-state index contributed by atoms with van der Waals surface area (Å²) in [6.45, 7) is 4.32. The number of likely N-dealkylation sites (tertiary alicyclic amines) is 1. The molecular formula is C18H28Cl2N4O2. The average molecular weight is 403 g/mol. The van der Waals surface area contributed by atoms with Gasteiger partial charge in [0, 0.05) is 57.4 Å². The SMILES string of the molecule is CO[C@@]1(c2ccnc(C(N)=O)c2)[C@@H]2CCC[C@H]1CN(C1CNC1)C2.Cl.Cl. The summed E-state index contributed by atoms with van der Waals surface area (Å²) in [5.74, 6) is 0.406. The molecule has 1 saturated carbocycles. The number of fused-ring (bicyclic) bond motifs is 2. The molecule has 1 aromatic heterocycles. The number of carbonyl (C=O) groups excluding carboxylic acids is 1. The van der Waals surface area contributed by atoms with Gasteiger partial charge in [-0.15, -0.1) is 24.8 Å². The minimum absolute atomic E-state index is 0. The highest BCUT2D eigenvalue weighted by Crippen LogP contribution is 2.51. The van der Waals surface area contributed by atoms with E-state index in [0.29, 0.717) is 23.6 Å². The van der Waals surface area contributed by atoms with Crippen LogP contribution in [0.3, 0.4) is 0 Å². The number of pyridine rings is 1. The quantitative estimate of drug-likeness (QED) is 0.798. The third kappa shape index (κ3) is 3.34. The number of piperidine rings is 1. The van der Waals surface area contributed by atoms with Gasteiger partial charge in [-0.1, -0.05) is 6.42 Å². The third-order valence-corrected chi connectivity index (χ3v) is 6.31. The van der Waals surface area contributed by atoms with Crippen molar-refractivity contribution in [2.45, 2.75) is 30.9 Å². The molecule has 146 valence electrons. The highest BCUT2D eigenvalue weighted by atomic mass is 35.5. The normalized spacial score (nSPS) is 31.3. The Balaban J connectivity index is 0.00000121. The molecule has 2 saturated heterocycles. The number of nitrogens with zero attached hydrogens (tertiary/aromatic N) is 2. The van der Waals surface area contributed by atoms with Crippen molar-refractivity contribution in [2.75, 3.05) is 33.3 Å². The summed E-state index contributed by atoms with van der Waals surface area (Å²) in [7, 11) is 1.82. The third-order valence-electron chi connectivity index (χ3n) is 6.31. The van der Waals surface area contributed by atoms with E-state index in [0.717, 1.165) is 44.6 Å². The number of hydrogen-bond acceptors (Lipinski definition) is 5. The van der Waals surface area contributed by atoms with Crippen LogP contribution in [0.5, 0.6) is 0 Å². The Kier molecular flexibility index (Phi) is 6.91. The van der Waals surface area contributed by atoms with Crippen LogP contribution in [0.25, 0.3) is 0 Å². The van der Waals surface area contributed by atoms with Crippen molar-refractivity contribution in [1.29, 1.82) is 0 Å². The van der Waals surface area contributed by atoms with Crippen molar-refractivity contribution in [2.24, 2.45) is 17.6 Å². The first kappa shape index (κ1) is 21.4. The number of carbonyl (C=O) groups is 1. The maximum atomic E-state index is 11.6. The highest BCUT2D eigenvalue weighted by molar-refractivity contribution is 5.90. The first-order chi connectivity index (χ1) is 11.6. The molecule has 3 N–H and O–H groups in total. The number of methoxy groups -OCH3 is 1. The minimum atomic E-state index is -0.480. The van der Waals surface area contributed by atoms with Gasteiger partial charge < -0.3 is 15.8 Å². The molecule has 0 radical (unpaired) electrons. The fourth-order valence-corrected chi connectivity index (χ4v) is 5.03. The van der Waals surface area contributed by atoms with Crippen molar-refractivity contribution < 1.29 is 9.53 Å². The molecule has 3 fully saturated rings. The molecule has 3 atom stereocenters. The Labute approximate surface area is 167 Å². The summed E-state index contributed by atoms with van der Waals surface area (Å²) in [6.07, 6.45) is 5.27. The molecule has 0 aromatic carbocycles. The van der Waals surface area contributed by atoms with Crippen LogP contribution in [0.1, 0.15) is 35.3 Å². The van der Waals surface area contributed by atoms with E-state index in [4.69, 9.17) is 10.5 Å². The topological polar surface area (TPSA) is 80.5 Å². The molecule has 3 aliphatic rings. The van der Waals surface area contributed by atoms with Crippen LogP contribution in [0.15, 0.2) is 18.3 Å². The number of nitrogens with one attached hydrogen (secondary N) is 1. The van der Waals surface area contributed by atoms with Crippen molar-refractivity contribution in [3.63, 3.8) is 0 Å². The number of aromatic nitrogens is 1. The fraction of sp³-hybridized carbons (Fsp3) is 0.667. The predicted molar refractivity (Wildman–Crippen MR) is 105 cm³/mol. The summed E-state index contributed by atoms with van der Waals surface area (Å²) < 4.78 is 6.22. The Morgan fingerprint density at radius 3 is 2.46 bits per heavy atom. The molecule has 26 heavy (non-hydrogen) atoms. The molecule has 1 aromatic rings. The Hall–Kier alpha value is -0.920. The second-order valence-corrected chi connectivity index (χ2v) is 7.38. The number of halogens is 2. The number of nitrogens with two attached hydrogens (primary N) is 1. The lowest BCUT2D eigenvalue weighted by molar-refractivity contribution is -0.176. The zero-order chi connectivity index (χ0) is 16.7. The van der Waals surface area contributed by atoms with Gasteiger partial charge >= 0.3 is 0 Å². The van der Waals surface area contributed by atoms with Crippen LogP contribution in [0, 0.1) is 11.8 Å². The first-order valence-corrected chi connectivity index (χ1v) is 8.91. The van der Waals surface area contributed by atoms with Crippen LogP contribution in [-0.4, -0.2) is 55.1 Å². The van der Waals surface area contributed by atoms with E-state index in [1.165, 1.54) is 6.42 Å². The van der Waals surface area contributed by atoms with E-state index in [2.05, 4.69) is 15.2 Å². The van der Waals surface area contributed by atoms with E-state index in [1.807, 2.05) is 19.2 Å². The highest BCUT2D eigenvalue weighted by Gasteiger charge is 2.54. The first-order valence-electron chi connectivity index (χ1n) is 8.91. The number of ether oxygens (including phenoxy) is 1. The van der Waals surface area contributed by atoms with Gasteiger partial charge in [0.15, 0.2) is 0 Å². The van der Waals surface area contributed by atoms with E-state index >= 15 is 0 Å². The van der Waals surface area contributed by atoms with E-state index in [-0.39, 0.29) is 30.4 Å². The second-order valence-electron chi connectivity index (χ2n) is 7.38. The molecule has 3 heterocycles. The molecule has 1 aliphatic carbocycles. The summed E-state index contributed by atoms with van der Waals surface area (Å²) in [5.41, 5.74) is 6.51. The summed E-state index contributed by atoms with van der Waals surface area (Å²) >= 11 is 0. The molecule has 8 heteroatoms. The van der Waals surface area contributed by atoms with Crippen LogP contribution in [0.2, 0.25) is 0 Å². The molecule has 1 amide bonds. The lowest BCUT2D eigenvalue weighted by Gasteiger charge is -2.57. The Morgan fingerprint density at radius 1 is 1.31 bits per heavy atom. The van der Waals surface area contributed by atoms with Gasteiger partial charge in [0.25, 0.3) is 5.91 Å². The average Bonchev–Trinajstić information content (AvgIpc) is 2.52. The van der Waals surface area contributed by atoms with Crippen molar-refractivity contribution in [3.8, 4) is 0 Å². The largest absolute Gasteiger partial charge is 0.373 e. The lowest BCUT2D eigenvalue weighted by atomic mass is 9.62. The number of rotatable bonds is 4. The van der Waals surface area contributed by atoms with Crippen molar-refractivity contribution in [1.82, 2.24) is 15.2 Å². The molecule has 0 unspecified atom stereocenters. The molecular weight excluding hydrogens is 375 g/mol. The molecule has 2 bridgehead atoms. The zero-order valence-electron chi connectivity index (χ0n) is 15.0. The Bertz CT molecular complexity index is 627. The maximum absolute atomic E-state index is 11.6. The summed E-state index contributed by atoms with van der Waals surface area (Å²) in [6, 6.07) is 4.51. The second kappa shape index (κ2) is 8.40. The predicted octanol–water partition coefficient (Wildman–Crippen LogP) is 1.57. The zero-order valence-corrected chi connectivity index (χ0v) is 16.7. The molecule has 6 nitrogen and oxygen atoms in total. The van der Waals surface area contributed by atoms with E-state index in [9.17, 15) is 4.79 Å². The van der Waals surface area contributed by atoms with Gasteiger partial charge in [-0.05, 0) is 30.5 Å². The van der Waals surface area contributed by atoms with Gasteiger partial charge in [0.2, 0.25) is 0 Å². The van der Waals surface area contributed by atoms with Gasteiger partial charge in [0.05, 0.1) is 0 Å². The molecule has 4 rings (SSSR count). The molecule has 2 aliphatic heterocycles. The van der Waals surface area contributed by atoms with Gasteiger partial charge in [-0.3, -0.25) is 14.7 Å². The van der Waals surface area contributed by atoms with Gasteiger partial charge in [-0.25, -0.2) is 0 Å². The maximum Gasteiger partial charge on any atom is 0.267 e. The number of amides is 1. The van der Waals surface area contributed by atoms with Crippen LogP contribution < -0.4 is 11.1 Å². The summed E-state index contributed by atoms with van der Waals surface area (Å²) in [4.78, 5) is 18.3. The van der Waals surface area contributed by atoms with Crippen molar-refractivity contribution in [3.05, 3.63) is 29.6 Å². The van der Waals surface area contributed by atoms with Gasteiger partial charge in [-0.2, -0.15) is 0 Å². The molecule has 0 spiro atoms. The fourth-order valence-electron chi connectivity index (χ4n) is 5.03. The van der Waals surface area contributed by atoms with Crippen LogP contribution in [0.4, 0.5) is 0 Å². The monoisotopic (exact) mass is 402 g/mol. The van der Waals surface area contributed by atoms with E-state index < -0.39 is 5.91 Å². The Morgan fingerprint density at radius 2 is 1.96 bits per heavy atom. The van der Waals surface area contributed by atoms with Crippen molar-refractivity contribution >= 4 is 30.7 Å². The van der Waals surface area contributed by atoms with E-state index in [1.54, 1.807) is 6.20 Å². The summed E-state index contributed by atoms with van der Waals surface area (Å²) in [5, 5.41) is 3.38. The van der Waals surface area contributed by atoms with Crippen LogP contribution >= 0.6 is 24.8 Å². The lowest BCUT2D eigenvalue weighted by Crippen LogP contribution is -2.66. The van der Waals surface area contributed by atoms with Gasteiger partial charge in [0.1, 0.15) is 11.3 Å². The number of hydrogen-bond donors (Lipinski definition) is 2. The smallest absolute Gasteiger partial charge is 0.267 e. The minimum Gasteiger partial charge on any atom is -0.373 e. The number of primary amides is 1. The standard InChI is InChI=1S/C18H26N4O2.2ClH/c1-24-18(12-5-6-21-16(7-12)17(19)23)13-3-2-4-14(18)11-22(10-13)15-8-20-9-15;;/h5-7,13-15,20H,2-4,8-11H2,1H3,(H2,19,23);2*1H/t13-,14+,18+;;. The van der Waals surface area contributed by atoms with Crippen LogP contribution in [-0.2, 0) is 10.3 Å².